The number of benzene rings is 2. The van der Waals surface area contributed by atoms with Gasteiger partial charge in [0.05, 0.1) is 17.7 Å². The molecule has 0 saturated heterocycles. The summed E-state index contributed by atoms with van der Waals surface area (Å²) in [5.41, 5.74) is 1.73. The number of nitrogens with zero attached hydrogens (tertiary/aromatic N) is 2. The van der Waals surface area contributed by atoms with Crippen LogP contribution in [0, 0.1) is 17.0 Å². The van der Waals surface area contributed by atoms with E-state index in [0.717, 1.165) is 5.56 Å². The molecule has 0 saturated carbocycles. The van der Waals surface area contributed by atoms with Crippen LogP contribution in [0.4, 0.5) is 11.4 Å². The van der Waals surface area contributed by atoms with E-state index >= 15 is 0 Å². The fourth-order valence-corrected chi connectivity index (χ4v) is 1.75. The summed E-state index contributed by atoms with van der Waals surface area (Å²) in [6.45, 7) is 1.81. The Hall–Kier alpha value is -2.89. The van der Waals surface area contributed by atoms with E-state index in [1.165, 1.54) is 31.5 Å². The molecule has 0 fully saturated rings. The minimum absolute atomic E-state index is 0.0254. The number of methoxy groups -OCH3 is 1. The Bertz CT molecular complexity index is 711. The third-order valence-electron chi connectivity index (χ3n) is 2.98. The quantitative estimate of drug-likeness (QED) is 0.530. The lowest BCUT2D eigenvalue weighted by atomic mass is 10.1. The number of ether oxygens (including phenoxy) is 1. The van der Waals surface area contributed by atoms with E-state index < -0.39 is 4.92 Å². The zero-order valence-corrected chi connectivity index (χ0v) is 11.6. The molecule has 6 heteroatoms. The summed E-state index contributed by atoms with van der Waals surface area (Å²) in [4.78, 5) is 14.5. The predicted molar refractivity (Wildman–Crippen MR) is 79.7 cm³/mol. The molecule has 0 amide bonds. The minimum Gasteiger partial charge on any atom is -0.507 e. The third kappa shape index (κ3) is 3.36. The number of hydrogen-bond donors (Lipinski definition) is 1. The van der Waals surface area contributed by atoms with Gasteiger partial charge in [0.25, 0.3) is 5.69 Å². The van der Waals surface area contributed by atoms with Crippen LogP contribution in [0.2, 0.25) is 0 Å². The summed E-state index contributed by atoms with van der Waals surface area (Å²) >= 11 is 0. The van der Waals surface area contributed by atoms with E-state index in [0.29, 0.717) is 17.0 Å². The number of nitro benzene ring substituents is 1. The van der Waals surface area contributed by atoms with Gasteiger partial charge in [-0.1, -0.05) is 6.07 Å². The Morgan fingerprint density at radius 2 is 2.05 bits per heavy atom. The number of aryl methyl sites for hydroxylation is 1. The monoisotopic (exact) mass is 286 g/mol. The van der Waals surface area contributed by atoms with Crippen molar-refractivity contribution >= 4 is 17.6 Å². The summed E-state index contributed by atoms with van der Waals surface area (Å²) in [6, 6.07) is 9.22. The number of aromatic hydroxyl groups is 1. The zero-order valence-electron chi connectivity index (χ0n) is 11.6. The van der Waals surface area contributed by atoms with Crippen molar-refractivity contribution in [3.8, 4) is 11.5 Å². The Kier molecular flexibility index (Phi) is 4.18. The molecule has 0 spiro atoms. The second-order valence-corrected chi connectivity index (χ2v) is 4.41. The number of non-ortho nitro benzene ring substituents is 1. The van der Waals surface area contributed by atoms with E-state index in [1.54, 1.807) is 18.2 Å². The highest BCUT2D eigenvalue weighted by Gasteiger charge is 2.08. The van der Waals surface area contributed by atoms with Gasteiger partial charge in [0.1, 0.15) is 11.5 Å². The summed E-state index contributed by atoms with van der Waals surface area (Å²) in [7, 11) is 1.53. The molecule has 0 radical (unpaired) electrons. The maximum absolute atomic E-state index is 10.8. The van der Waals surface area contributed by atoms with Crippen molar-refractivity contribution in [2.45, 2.75) is 6.92 Å². The summed E-state index contributed by atoms with van der Waals surface area (Å²) in [5.74, 6) is 0.646. The molecule has 6 nitrogen and oxygen atoms in total. The van der Waals surface area contributed by atoms with Gasteiger partial charge in [-0.25, -0.2) is 0 Å². The number of nitro groups is 1. The van der Waals surface area contributed by atoms with Crippen molar-refractivity contribution in [3.63, 3.8) is 0 Å². The average molecular weight is 286 g/mol. The predicted octanol–water partition coefficient (Wildman–Crippen LogP) is 3.37. The lowest BCUT2D eigenvalue weighted by Gasteiger charge is -2.04. The number of aliphatic imine (C=N–C) groups is 1. The molecule has 108 valence electrons. The summed E-state index contributed by atoms with van der Waals surface area (Å²) < 4.78 is 5.07. The molecule has 0 aliphatic carbocycles. The lowest BCUT2D eigenvalue weighted by Crippen LogP contribution is -1.89. The standard InChI is InChI=1S/C15H14N2O4/c1-10-3-4-12(17(19)20)8-14(10)16-9-11-7-13(21-2)5-6-15(11)18/h3-9,18H,1-2H3. The molecule has 0 unspecified atom stereocenters. The van der Waals surface area contributed by atoms with Crippen LogP contribution >= 0.6 is 0 Å². The number of rotatable bonds is 4. The lowest BCUT2D eigenvalue weighted by molar-refractivity contribution is -0.384. The smallest absolute Gasteiger partial charge is 0.271 e. The zero-order chi connectivity index (χ0) is 15.4. The molecule has 2 aromatic carbocycles. The first-order valence-electron chi connectivity index (χ1n) is 6.17. The van der Waals surface area contributed by atoms with Crippen LogP contribution in [-0.4, -0.2) is 23.4 Å². The van der Waals surface area contributed by atoms with Crippen LogP contribution in [-0.2, 0) is 0 Å². The van der Waals surface area contributed by atoms with Crippen LogP contribution in [0.15, 0.2) is 41.4 Å². The van der Waals surface area contributed by atoms with Gasteiger partial charge in [0.2, 0.25) is 0 Å². The first kappa shape index (κ1) is 14.5. The molecular weight excluding hydrogens is 272 g/mol. The van der Waals surface area contributed by atoms with Gasteiger partial charge >= 0.3 is 0 Å². The van der Waals surface area contributed by atoms with Crippen molar-refractivity contribution in [2.75, 3.05) is 7.11 Å². The van der Waals surface area contributed by atoms with Gasteiger partial charge in [-0.15, -0.1) is 0 Å². The Labute approximate surface area is 121 Å². The first-order chi connectivity index (χ1) is 10.0. The molecule has 0 aromatic heterocycles. The highest BCUT2D eigenvalue weighted by Crippen LogP contribution is 2.26. The Morgan fingerprint density at radius 3 is 2.71 bits per heavy atom. The normalized spacial score (nSPS) is 10.8. The summed E-state index contributed by atoms with van der Waals surface area (Å²) in [5, 5.41) is 20.5. The number of phenols is 1. The number of hydrogen-bond acceptors (Lipinski definition) is 5. The van der Waals surface area contributed by atoms with Crippen LogP contribution in [0.3, 0.4) is 0 Å². The molecule has 0 heterocycles. The summed E-state index contributed by atoms with van der Waals surface area (Å²) in [6.07, 6.45) is 1.45. The molecule has 21 heavy (non-hydrogen) atoms. The van der Waals surface area contributed by atoms with Gasteiger partial charge < -0.3 is 9.84 Å². The van der Waals surface area contributed by atoms with Crippen molar-refractivity contribution in [1.29, 1.82) is 0 Å². The molecule has 2 rings (SSSR count). The average Bonchev–Trinajstić information content (AvgIpc) is 2.47. The van der Waals surface area contributed by atoms with Crippen LogP contribution < -0.4 is 4.74 Å². The van der Waals surface area contributed by atoms with Crippen molar-refractivity contribution in [3.05, 3.63) is 57.6 Å². The molecular formula is C15H14N2O4. The van der Waals surface area contributed by atoms with Crippen molar-refractivity contribution in [1.82, 2.24) is 0 Å². The molecule has 0 aliphatic heterocycles. The highest BCUT2D eigenvalue weighted by molar-refractivity contribution is 5.86. The molecule has 2 aromatic rings. The third-order valence-corrected chi connectivity index (χ3v) is 2.98. The Balaban J connectivity index is 2.37. The molecule has 0 bridgehead atoms. The van der Waals surface area contributed by atoms with E-state index in [-0.39, 0.29) is 11.4 Å². The van der Waals surface area contributed by atoms with Crippen LogP contribution in [0.5, 0.6) is 11.5 Å². The van der Waals surface area contributed by atoms with Gasteiger partial charge in [-0.05, 0) is 30.7 Å². The van der Waals surface area contributed by atoms with Gasteiger partial charge in [-0.2, -0.15) is 0 Å². The van der Waals surface area contributed by atoms with Gasteiger partial charge in [0.15, 0.2) is 0 Å². The first-order valence-corrected chi connectivity index (χ1v) is 6.17. The van der Waals surface area contributed by atoms with E-state index in [9.17, 15) is 15.2 Å². The van der Waals surface area contributed by atoms with E-state index in [1.807, 2.05) is 6.92 Å². The van der Waals surface area contributed by atoms with Crippen molar-refractivity contribution in [2.24, 2.45) is 4.99 Å². The molecule has 0 atom stereocenters. The van der Waals surface area contributed by atoms with Gasteiger partial charge in [0, 0.05) is 23.9 Å². The minimum atomic E-state index is -0.471. The maximum atomic E-state index is 10.8. The SMILES string of the molecule is COc1ccc(O)c(C=Nc2cc([N+](=O)[O-])ccc2C)c1. The molecule has 0 aliphatic rings. The second kappa shape index (κ2) is 6.04. The largest absolute Gasteiger partial charge is 0.507 e. The highest BCUT2D eigenvalue weighted by atomic mass is 16.6. The fourth-order valence-electron chi connectivity index (χ4n) is 1.75. The van der Waals surface area contributed by atoms with E-state index in [2.05, 4.69) is 4.99 Å². The second-order valence-electron chi connectivity index (χ2n) is 4.41. The fraction of sp³-hybridized carbons (Fsp3) is 0.133. The van der Waals surface area contributed by atoms with Crippen LogP contribution in [0.25, 0.3) is 0 Å². The van der Waals surface area contributed by atoms with Crippen molar-refractivity contribution < 1.29 is 14.8 Å². The van der Waals surface area contributed by atoms with Gasteiger partial charge in [-0.3, -0.25) is 15.1 Å². The Morgan fingerprint density at radius 1 is 1.29 bits per heavy atom. The van der Waals surface area contributed by atoms with E-state index in [4.69, 9.17) is 4.74 Å². The topological polar surface area (TPSA) is 85.0 Å². The van der Waals surface area contributed by atoms with Crippen LogP contribution in [0.1, 0.15) is 11.1 Å². The molecule has 1 N–H and O–H groups in total. The number of phenolic OH excluding ortho intramolecular Hbond substituents is 1. The maximum Gasteiger partial charge on any atom is 0.271 e.